The molecule has 118 valence electrons. The molecule has 0 aliphatic carbocycles. The van der Waals surface area contributed by atoms with Crippen LogP contribution < -0.4 is 5.32 Å². The maximum Gasteiger partial charge on any atom is 0.259 e. The Morgan fingerprint density at radius 3 is 1.61 bits per heavy atom. The lowest BCUT2D eigenvalue weighted by Gasteiger charge is -2.12. The molecule has 0 unspecified atom stereocenters. The van der Waals surface area contributed by atoms with Gasteiger partial charge in [-0.1, -0.05) is 59.9 Å². The topological polar surface area (TPSA) is 46.2 Å². The summed E-state index contributed by atoms with van der Waals surface area (Å²) in [5, 5.41) is 2.62. The van der Waals surface area contributed by atoms with Crippen molar-refractivity contribution in [2.75, 3.05) is 7.05 Å². The minimum atomic E-state index is -0.257. The minimum Gasteiger partial charge on any atom is -0.355 e. The molecule has 1 amide bonds. The monoisotopic (exact) mass is 343 g/mol. The molecule has 0 saturated heterocycles. The summed E-state index contributed by atoms with van der Waals surface area (Å²) in [5.74, 6) is -0.381. The fourth-order valence-corrected chi connectivity index (χ4v) is 3.87. The van der Waals surface area contributed by atoms with Crippen LogP contribution in [0.15, 0.2) is 80.3 Å². The van der Waals surface area contributed by atoms with Crippen LogP contribution in [0.1, 0.15) is 6.92 Å². The molecule has 0 radical (unpaired) electrons. The Hall–Kier alpha value is -1.98. The zero-order valence-electron chi connectivity index (χ0n) is 12.9. The molecule has 0 bridgehead atoms. The van der Waals surface area contributed by atoms with Gasteiger partial charge in [-0.25, -0.2) is 0 Å². The molecule has 2 aromatic carbocycles. The Morgan fingerprint density at radius 1 is 0.783 bits per heavy atom. The van der Waals surface area contributed by atoms with Gasteiger partial charge in [0.05, 0.1) is 9.81 Å². The lowest BCUT2D eigenvalue weighted by Crippen LogP contribution is -2.20. The van der Waals surface area contributed by atoms with Crippen LogP contribution in [-0.4, -0.2) is 18.7 Å². The van der Waals surface area contributed by atoms with E-state index < -0.39 is 0 Å². The van der Waals surface area contributed by atoms with Crippen molar-refractivity contribution in [1.82, 2.24) is 5.32 Å². The van der Waals surface area contributed by atoms with Crippen molar-refractivity contribution >= 4 is 35.2 Å². The normalized spacial score (nSPS) is 11.6. The molecule has 0 saturated carbocycles. The third kappa shape index (κ3) is 5.01. The molecule has 0 aliphatic rings. The minimum absolute atomic E-state index is 0.124. The fourth-order valence-electron chi connectivity index (χ4n) is 1.80. The number of rotatable bonds is 6. The molecule has 23 heavy (non-hydrogen) atoms. The van der Waals surface area contributed by atoms with Crippen LogP contribution in [0.25, 0.3) is 0 Å². The Morgan fingerprint density at radius 2 is 1.22 bits per heavy atom. The summed E-state index contributed by atoms with van der Waals surface area (Å²) >= 11 is 2.62. The number of nitrogens with one attached hydrogen (secondary N) is 1. The SMILES string of the molecule is CNC(=O)/C(Sc1ccccc1)=C(/Sc1ccccc1)C(C)=O. The molecular formula is C18H17NO2S2. The van der Waals surface area contributed by atoms with Gasteiger partial charge in [0.15, 0.2) is 5.78 Å². The highest BCUT2D eigenvalue weighted by Gasteiger charge is 2.20. The number of allylic oxidation sites excluding steroid dienone is 1. The van der Waals surface area contributed by atoms with E-state index in [0.29, 0.717) is 9.81 Å². The molecule has 0 aromatic heterocycles. The zero-order chi connectivity index (χ0) is 16.7. The van der Waals surface area contributed by atoms with Gasteiger partial charge in [-0.05, 0) is 31.2 Å². The molecule has 0 atom stereocenters. The number of carbonyl (C=O) groups is 2. The van der Waals surface area contributed by atoms with Crippen molar-refractivity contribution in [2.45, 2.75) is 16.7 Å². The Balaban J connectivity index is 2.42. The largest absolute Gasteiger partial charge is 0.355 e. The predicted octanol–water partition coefficient (Wildman–Crippen LogP) is 4.12. The van der Waals surface area contributed by atoms with Crippen molar-refractivity contribution in [2.24, 2.45) is 0 Å². The summed E-state index contributed by atoms with van der Waals surface area (Å²) in [6.45, 7) is 1.49. The lowest BCUT2D eigenvalue weighted by atomic mass is 10.3. The van der Waals surface area contributed by atoms with E-state index in [0.717, 1.165) is 9.79 Å². The third-order valence-corrected chi connectivity index (χ3v) is 5.32. The van der Waals surface area contributed by atoms with E-state index in [4.69, 9.17) is 0 Å². The van der Waals surface area contributed by atoms with E-state index in [9.17, 15) is 9.59 Å². The first-order valence-electron chi connectivity index (χ1n) is 7.05. The molecular weight excluding hydrogens is 326 g/mol. The fraction of sp³-hybridized carbons (Fsp3) is 0.111. The summed E-state index contributed by atoms with van der Waals surface area (Å²) < 4.78 is 0. The van der Waals surface area contributed by atoms with Crippen LogP contribution in [0.3, 0.4) is 0 Å². The molecule has 3 nitrogen and oxygen atoms in total. The van der Waals surface area contributed by atoms with Gasteiger partial charge in [0, 0.05) is 16.8 Å². The lowest BCUT2D eigenvalue weighted by molar-refractivity contribution is -0.117. The van der Waals surface area contributed by atoms with Crippen molar-refractivity contribution in [3.05, 3.63) is 70.5 Å². The zero-order valence-corrected chi connectivity index (χ0v) is 14.5. The number of hydrogen-bond donors (Lipinski definition) is 1. The number of carbonyl (C=O) groups excluding carboxylic acids is 2. The van der Waals surface area contributed by atoms with Crippen molar-refractivity contribution in [3.63, 3.8) is 0 Å². The van der Waals surface area contributed by atoms with Crippen LogP contribution >= 0.6 is 23.5 Å². The van der Waals surface area contributed by atoms with E-state index in [1.165, 1.54) is 30.4 Å². The molecule has 5 heteroatoms. The number of Topliss-reactive ketones (excluding diaryl/α,β-unsaturated/α-hetero) is 1. The van der Waals surface area contributed by atoms with E-state index in [2.05, 4.69) is 5.32 Å². The second-order valence-corrected chi connectivity index (χ2v) is 6.79. The highest BCUT2D eigenvalue weighted by Crippen LogP contribution is 2.37. The van der Waals surface area contributed by atoms with Crippen molar-refractivity contribution in [1.29, 1.82) is 0 Å². The smallest absolute Gasteiger partial charge is 0.259 e. The molecule has 1 N–H and O–H groups in total. The van der Waals surface area contributed by atoms with Crippen LogP contribution in [0, 0.1) is 0 Å². The number of thioether (sulfide) groups is 2. The van der Waals surface area contributed by atoms with Crippen LogP contribution in [-0.2, 0) is 9.59 Å². The van der Waals surface area contributed by atoms with Gasteiger partial charge >= 0.3 is 0 Å². The number of benzene rings is 2. The van der Waals surface area contributed by atoms with Gasteiger partial charge in [-0.3, -0.25) is 9.59 Å². The predicted molar refractivity (Wildman–Crippen MR) is 96.4 cm³/mol. The molecule has 0 heterocycles. The van der Waals surface area contributed by atoms with Crippen molar-refractivity contribution in [3.8, 4) is 0 Å². The van der Waals surface area contributed by atoms with E-state index in [-0.39, 0.29) is 11.7 Å². The maximum atomic E-state index is 12.3. The van der Waals surface area contributed by atoms with Crippen LogP contribution in [0.5, 0.6) is 0 Å². The molecule has 0 aliphatic heterocycles. The molecule has 2 rings (SSSR count). The summed E-state index contributed by atoms with van der Waals surface area (Å²) in [4.78, 5) is 27.1. The molecule has 2 aromatic rings. The molecule has 0 spiro atoms. The van der Waals surface area contributed by atoms with Gasteiger partial charge in [0.1, 0.15) is 0 Å². The standard InChI is InChI=1S/C18H17NO2S2/c1-13(20)16(22-14-9-5-3-6-10-14)17(18(21)19-2)23-15-11-7-4-8-12-15/h3-12H,1-2H3,(H,19,21)/b17-16-. The number of ketones is 1. The average molecular weight is 343 g/mol. The third-order valence-electron chi connectivity index (χ3n) is 2.89. The Labute approximate surface area is 144 Å². The van der Waals surface area contributed by atoms with E-state index >= 15 is 0 Å². The van der Waals surface area contributed by atoms with E-state index in [1.54, 1.807) is 7.05 Å². The Kier molecular flexibility index (Phi) is 6.50. The van der Waals surface area contributed by atoms with Crippen molar-refractivity contribution < 1.29 is 9.59 Å². The molecule has 0 fully saturated rings. The highest BCUT2D eigenvalue weighted by molar-refractivity contribution is 8.08. The van der Waals surface area contributed by atoms with Crippen LogP contribution in [0.4, 0.5) is 0 Å². The van der Waals surface area contributed by atoms with Gasteiger partial charge in [-0.15, -0.1) is 0 Å². The Bertz CT molecular complexity index is 712. The number of likely N-dealkylation sites (N-methyl/N-ethyl adjacent to an activating group) is 1. The first kappa shape index (κ1) is 17.4. The van der Waals surface area contributed by atoms with Crippen LogP contribution in [0.2, 0.25) is 0 Å². The summed E-state index contributed by atoms with van der Waals surface area (Å²) in [5.41, 5.74) is 0. The quantitative estimate of drug-likeness (QED) is 0.633. The van der Waals surface area contributed by atoms with Gasteiger partial charge < -0.3 is 5.32 Å². The summed E-state index contributed by atoms with van der Waals surface area (Å²) in [6.07, 6.45) is 0. The average Bonchev–Trinajstić information content (AvgIpc) is 2.59. The highest BCUT2D eigenvalue weighted by atomic mass is 32.2. The first-order valence-corrected chi connectivity index (χ1v) is 8.68. The van der Waals surface area contributed by atoms with Gasteiger partial charge in [0.25, 0.3) is 5.91 Å². The number of amides is 1. The van der Waals surface area contributed by atoms with Gasteiger partial charge in [-0.2, -0.15) is 0 Å². The second-order valence-electron chi connectivity index (χ2n) is 4.62. The summed E-state index contributed by atoms with van der Waals surface area (Å²) in [7, 11) is 1.57. The second kappa shape index (κ2) is 8.60. The summed E-state index contributed by atoms with van der Waals surface area (Å²) in [6, 6.07) is 19.1. The number of hydrogen-bond acceptors (Lipinski definition) is 4. The first-order chi connectivity index (χ1) is 11.1. The maximum absolute atomic E-state index is 12.3. The van der Waals surface area contributed by atoms with Gasteiger partial charge in [0.2, 0.25) is 0 Å². The van der Waals surface area contributed by atoms with E-state index in [1.807, 2.05) is 60.7 Å².